The van der Waals surface area contributed by atoms with E-state index in [-0.39, 0.29) is 0 Å². The Balaban J connectivity index is 3.02. The van der Waals surface area contributed by atoms with Gasteiger partial charge in [-0.25, -0.2) is 0 Å². The Morgan fingerprint density at radius 3 is 1.94 bits per heavy atom. The van der Waals surface area contributed by atoms with Crippen molar-refractivity contribution in [1.82, 2.24) is 0 Å². The second-order valence-electron chi connectivity index (χ2n) is 3.52. The molecule has 1 atom stereocenters. The average Bonchev–Trinajstić information content (AvgIpc) is 2.39. The molecule has 0 radical (unpaired) electrons. The lowest BCUT2D eigenvalue weighted by Crippen LogP contribution is -2.32. The van der Waals surface area contributed by atoms with E-state index >= 15 is 0 Å². The van der Waals surface area contributed by atoms with Gasteiger partial charge in [-0.15, -0.1) is 0 Å². The van der Waals surface area contributed by atoms with Crippen molar-refractivity contribution in [3.63, 3.8) is 0 Å². The van der Waals surface area contributed by atoms with Gasteiger partial charge in [0, 0.05) is 5.02 Å². The summed E-state index contributed by atoms with van der Waals surface area (Å²) in [6, 6.07) is 6.13. The Morgan fingerprint density at radius 2 is 1.56 bits per heavy atom. The summed E-state index contributed by atoms with van der Waals surface area (Å²) in [6.07, 6.45) is -1.35. The number of aliphatic hydroxyl groups is 1. The van der Waals surface area contributed by atoms with E-state index in [4.69, 9.17) is 11.6 Å². The first-order chi connectivity index (χ1) is 8.51. The first kappa shape index (κ1) is 14.5. The van der Waals surface area contributed by atoms with Gasteiger partial charge in [-0.05, 0) is 17.7 Å². The van der Waals surface area contributed by atoms with E-state index in [0.717, 1.165) is 14.2 Å². The van der Waals surface area contributed by atoms with E-state index in [9.17, 15) is 14.7 Å². The summed E-state index contributed by atoms with van der Waals surface area (Å²) in [4.78, 5) is 23.0. The smallest absolute Gasteiger partial charge is 0.323 e. The van der Waals surface area contributed by atoms with E-state index in [1.54, 1.807) is 12.1 Å². The van der Waals surface area contributed by atoms with Gasteiger partial charge in [-0.2, -0.15) is 0 Å². The van der Waals surface area contributed by atoms with Crippen molar-refractivity contribution in [2.24, 2.45) is 5.92 Å². The van der Waals surface area contributed by atoms with Crippen LogP contribution in [0.5, 0.6) is 0 Å². The van der Waals surface area contributed by atoms with Gasteiger partial charge >= 0.3 is 11.9 Å². The number of ether oxygens (including phenoxy) is 2. The summed E-state index contributed by atoms with van der Waals surface area (Å²) < 4.78 is 8.95. The monoisotopic (exact) mass is 272 g/mol. The predicted octanol–water partition coefficient (Wildman–Crippen LogP) is 1.34. The molecule has 0 bridgehead atoms. The van der Waals surface area contributed by atoms with E-state index in [2.05, 4.69) is 9.47 Å². The number of carbonyl (C=O) groups is 2. The molecule has 6 heteroatoms. The number of methoxy groups -OCH3 is 2. The van der Waals surface area contributed by atoms with Crippen LogP contribution in [0.3, 0.4) is 0 Å². The molecule has 0 aliphatic heterocycles. The minimum atomic E-state index is -1.42. The van der Waals surface area contributed by atoms with Crippen molar-refractivity contribution in [2.45, 2.75) is 6.10 Å². The van der Waals surface area contributed by atoms with Gasteiger partial charge in [-0.3, -0.25) is 9.59 Å². The highest BCUT2D eigenvalue weighted by atomic mass is 35.5. The fourth-order valence-corrected chi connectivity index (χ4v) is 1.59. The van der Waals surface area contributed by atoms with Crippen molar-refractivity contribution >= 4 is 23.5 Å². The molecule has 5 nitrogen and oxygen atoms in total. The molecular formula is C12H13ClO5. The lowest BCUT2D eigenvalue weighted by molar-refractivity contribution is -0.164. The number of benzene rings is 1. The molecule has 1 rings (SSSR count). The van der Waals surface area contributed by atoms with Crippen LogP contribution in [-0.4, -0.2) is 31.3 Å². The second-order valence-corrected chi connectivity index (χ2v) is 3.96. The third-order valence-corrected chi connectivity index (χ3v) is 2.69. The van der Waals surface area contributed by atoms with Crippen molar-refractivity contribution in [3.8, 4) is 0 Å². The molecule has 0 amide bonds. The zero-order valence-corrected chi connectivity index (χ0v) is 10.7. The first-order valence-electron chi connectivity index (χ1n) is 5.10. The van der Waals surface area contributed by atoms with E-state index in [1.807, 2.05) is 0 Å². The van der Waals surface area contributed by atoms with Gasteiger partial charge in [0.1, 0.15) is 6.10 Å². The number of rotatable bonds is 4. The Bertz CT molecular complexity index is 413. The molecule has 0 heterocycles. The molecule has 0 fully saturated rings. The zero-order chi connectivity index (χ0) is 13.7. The topological polar surface area (TPSA) is 72.8 Å². The molecule has 0 aliphatic carbocycles. The maximum Gasteiger partial charge on any atom is 0.323 e. The lowest BCUT2D eigenvalue weighted by atomic mass is 9.96. The van der Waals surface area contributed by atoms with Gasteiger partial charge < -0.3 is 14.6 Å². The Labute approximate surface area is 109 Å². The predicted molar refractivity (Wildman–Crippen MR) is 63.9 cm³/mol. The lowest BCUT2D eigenvalue weighted by Gasteiger charge is -2.18. The fourth-order valence-electron chi connectivity index (χ4n) is 1.46. The van der Waals surface area contributed by atoms with E-state index in [0.29, 0.717) is 10.6 Å². The SMILES string of the molecule is COC(=O)C(C(=O)OC)C(O)c1ccc(Cl)cc1. The molecule has 18 heavy (non-hydrogen) atoms. The molecule has 98 valence electrons. The summed E-state index contributed by atoms with van der Waals surface area (Å²) in [7, 11) is 2.26. The fraction of sp³-hybridized carbons (Fsp3) is 0.333. The molecule has 0 aromatic heterocycles. The minimum Gasteiger partial charge on any atom is -0.468 e. The van der Waals surface area contributed by atoms with Crippen molar-refractivity contribution in [2.75, 3.05) is 14.2 Å². The highest BCUT2D eigenvalue weighted by molar-refractivity contribution is 6.30. The molecular weight excluding hydrogens is 260 g/mol. The Morgan fingerprint density at radius 1 is 1.11 bits per heavy atom. The van der Waals surface area contributed by atoms with Gasteiger partial charge in [0.25, 0.3) is 0 Å². The summed E-state index contributed by atoms with van der Waals surface area (Å²) in [5.41, 5.74) is 0.375. The van der Waals surface area contributed by atoms with Crippen LogP contribution in [0.15, 0.2) is 24.3 Å². The number of esters is 2. The molecule has 1 N–H and O–H groups in total. The van der Waals surface area contributed by atoms with Crippen LogP contribution in [0, 0.1) is 5.92 Å². The van der Waals surface area contributed by atoms with Crippen LogP contribution >= 0.6 is 11.6 Å². The third kappa shape index (κ3) is 3.21. The van der Waals surface area contributed by atoms with Gasteiger partial charge in [0.2, 0.25) is 0 Å². The number of hydrogen-bond donors (Lipinski definition) is 1. The molecule has 1 unspecified atom stereocenters. The number of halogens is 1. The van der Waals surface area contributed by atoms with E-state index in [1.165, 1.54) is 12.1 Å². The normalized spacial score (nSPS) is 12.1. The standard InChI is InChI=1S/C12H13ClO5/c1-17-11(15)9(12(16)18-2)10(14)7-3-5-8(13)6-4-7/h3-6,9-10,14H,1-2H3. The van der Waals surface area contributed by atoms with Crippen LogP contribution in [0.1, 0.15) is 11.7 Å². The van der Waals surface area contributed by atoms with Crippen LogP contribution in [0.4, 0.5) is 0 Å². The molecule has 1 aromatic rings. The molecule has 0 saturated heterocycles. The van der Waals surface area contributed by atoms with Crippen LogP contribution in [0.2, 0.25) is 5.02 Å². The summed E-state index contributed by atoms with van der Waals surface area (Å²) in [6.45, 7) is 0. The van der Waals surface area contributed by atoms with Crippen molar-refractivity contribution in [3.05, 3.63) is 34.9 Å². The minimum absolute atomic E-state index is 0.375. The number of aliphatic hydroxyl groups excluding tert-OH is 1. The van der Waals surface area contributed by atoms with Crippen molar-refractivity contribution in [1.29, 1.82) is 0 Å². The maximum absolute atomic E-state index is 11.5. The third-order valence-electron chi connectivity index (χ3n) is 2.44. The van der Waals surface area contributed by atoms with Crippen LogP contribution in [0.25, 0.3) is 0 Å². The van der Waals surface area contributed by atoms with Gasteiger partial charge in [0.05, 0.1) is 14.2 Å². The maximum atomic E-state index is 11.5. The number of carbonyl (C=O) groups excluding carboxylic acids is 2. The highest BCUT2D eigenvalue weighted by Crippen LogP contribution is 2.25. The summed E-state index contributed by atoms with van der Waals surface area (Å²) >= 11 is 5.71. The quantitative estimate of drug-likeness (QED) is 0.661. The largest absolute Gasteiger partial charge is 0.468 e. The van der Waals surface area contributed by atoms with Crippen LogP contribution < -0.4 is 0 Å². The van der Waals surface area contributed by atoms with Crippen LogP contribution in [-0.2, 0) is 19.1 Å². The molecule has 0 saturated carbocycles. The highest BCUT2D eigenvalue weighted by Gasteiger charge is 2.36. The Kier molecular flexibility index (Phi) is 5.12. The number of hydrogen-bond acceptors (Lipinski definition) is 5. The van der Waals surface area contributed by atoms with E-state index < -0.39 is 24.0 Å². The summed E-state index contributed by atoms with van der Waals surface area (Å²) in [5.74, 6) is -3.13. The summed E-state index contributed by atoms with van der Waals surface area (Å²) in [5, 5.41) is 10.5. The zero-order valence-electron chi connectivity index (χ0n) is 9.92. The molecule has 0 spiro atoms. The first-order valence-corrected chi connectivity index (χ1v) is 5.48. The van der Waals surface area contributed by atoms with Crippen molar-refractivity contribution < 1.29 is 24.2 Å². The molecule has 1 aromatic carbocycles. The average molecular weight is 273 g/mol. The van der Waals surface area contributed by atoms with Gasteiger partial charge in [-0.1, -0.05) is 23.7 Å². The van der Waals surface area contributed by atoms with Gasteiger partial charge in [0.15, 0.2) is 5.92 Å². The Hall–Kier alpha value is -1.59. The molecule has 0 aliphatic rings. The second kappa shape index (κ2) is 6.37.